The highest BCUT2D eigenvalue weighted by Gasteiger charge is 2.31. The third-order valence-electron chi connectivity index (χ3n) is 4.61. The minimum atomic E-state index is 0.445. The summed E-state index contributed by atoms with van der Waals surface area (Å²) >= 11 is 0. The molecular weight excluding hydrogens is 234 g/mol. The summed E-state index contributed by atoms with van der Waals surface area (Å²) in [5.41, 5.74) is 2.37. The number of rotatable bonds is 1. The molecule has 3 heteroatoms. The summed E-state index contributed by atoms with van der Waals surface area (Å²) in [4.78, 5) is 12.4. The van der Waals surface area contributed by atoms with Crippen LogP contribution in [-0.2, 0) is 0 Å². The van der Waals surface area contributed by atoms with E-state index in [9.17, 15) is 0 Å². The third-order valence-corrected chi connectivity index (χ3v) is 4.61. The van der Waals surface area contributed by atoms with Crippen LogP contribution in [0.1, 0.15) is 58.2 Å². The van der Waals surface area contributed by atoms with Crippen LogP contribution in [0.15, 0.2) is 18.3 Å². The fourth-order valence-electron chi connectivity index (χ4n) is 3.29. The standard InChI is InChI=1S/C16H23N3/c1-16(2,3)12-8-6-11(7-9-12)14-18-13-5-4-10-17-15(13)19-14/h4-5,10-12H,6-9H2,1-3H3,(H,17,18,19). The molecule has 1 aliphatic rings. The fourth-order valence-corrected chi connectivity index (χ4v) is 3.29. The highest BCUT2D eigenvalue weighted by Crippen LogP contribution is 2.42. The van der Waals surface area contributed by atoms with Crippen molar-refractivity contribution in [3.63, 3.8) is 0 Å². The van der Waals surface area contributed by atoms with Gasteiger partial charge in [-0.15, -0.1) is 0 Å². The average molecular weight is 257 g/mol. The Hall–Kier alpha value is -1.38. The van der Waals surface area contributed by atoms with Gasteiger partial charge in [0.25, 0.3) is 0 Å². The zero-order chi connectivity index (χ0) is 13.5. The largest absolute Gasteiger partial charge is 0.340 e. The highest BCUT2D eigenvalue weighted by molar-refractivity contribution is 5.70. The van der Waals surface area contributed by atoms with E-state index < -0.39 is 0 Å². The van der Waals surface area contributed by atoms with Crippen molar-refractivity contribution in [2.24, 2.45) is 11.3 Å². The smallest absolute Gasteiger partial charge is 0.177 e. The second-order valence-corrected chi connectivity index (χ2v) is 6.91. The molecule has 2 aromatic rings. The maximum Gasteiger partial charge on any atom is 0.177 e. The van der Waals surface area contributed by atoms with Crippen molar-refractivity contribution >= 4 is 11.2 Å². The van der Waals surface area contributed by atoms with Crippen LogP contribution < -0.4 is 0 Å². The van der Waals surface area contributed by atoms with Crippen LogP contribution in [0, 0.1) is 11.3 Å². The van der Waals surface area contributed by atoms with Crippen molar-refractivity contribution < 1.29 is 0 Å². The molecule has 0 atom stereocenters. The molecule has 0 aromatic carbocycles. The van der Waals surface area contributed by atoms with Crippen LogP contribution in [0.25, 0.3) is 11.2 Å². The van der Waals surface area contributed by atoms with Gasteiger partial charge in [-0.25, -0.2) is 9.97 Å². The molecule has 19 heavy (non-hydrogen) atoms. The number of nitrogens with zero attached hydrogens (tertiary/aromatic N) is 2. The predicted octanol–water partition coefficient (Wildman–Crippen LogP) is 4.28. The topological polar surface area (TPSA) is 41.6 Å². The van der Waals surface area contributed by atoms with Crippen LogP contribution in [0.5, 0.6) is 0 Å². The molecule has 0 spiro atoms. The van der Waals surface area contributed by atoms with Crippen LogP contribution in [0.4, 0.5) is 0 Å². The van der Waals surface area contributed by atoms with Crippen LogP contribution in [0.2, 0.25) is 0 Å². The van der Waals surface area contributed by atoms with Crippen LogP contribution in [0.3, 0.4) is 0 Å². The van der Waals surface area contributed by atoms with Gasteiger partial charge >= 0.3 is 0 Å². The number of fused-ring (bicyclic) bond motifs is 1. The second-order valence-electron chi connectivity index (χ2n) is 6.91. The lowest BCUT2D eigenvalue weighted by Crippen LogP contribution is -2.25. The maximum atomic E-state index is 4.66. The molecule has 0 unspecified atom stereocenters. The van der Waals surface area contributed by atoms with Crippen molar-refractivity contribution in [3.05, 3.63) is 24.2 Å². The van der Waals surface area contributed by atoms with Gasteiger partial charge in [0.2, 0.25) is 0 Å². The van der Waals surface area contributed by atoms with Crippen LogP contribution in [-0.4, -0.2) is 15.0 Å². The molecule has 0 bridgehead atoms. The quantitative estimate of drug-likeness (QED) is 0.828. The van der Waals surface area contributed by atoms with Gasteiger partial charge in [-0.3, -0.25) is 0 Å². The summed E-state index contributed by atoms with van der Waals surface area (Å²) in [5, 5.41) is 0. The molecule has 3 nitrogen and oxygen atoms in total. The molecule has 2 heterocycles. The van der Waals surface area contributed by atoms with E-state index in [1.54, 1.807) is 0 Å². The van der Waals surface area contributed by atoms with Gasteiger partial charge in [0.15, 0.2) is 5.65 Å². The zero-order valence-electron chi connectivity index (χ0n) is 12.1. The number of H-pyrrole nitrogens is 1. The molecular formula is C16H23N3. The first-order chi connectivity index (χ1) is 9.04. The number of pyridine rings is 1. The summed E-state index contributed by atoms with van der Waals surface area (Å²) in [6.07, 6.45) is 6.95. The minimum Gasteiger partial charge on any atom is -0.340 e. The lowest BCUT2D eigenvalue weighted by atomic mass is 9.70. The monoisotopic (exact) mass is 257 g/mol. The molecule has 0 amide bonds. The fraction of sp³-hybridized carbons (Fsp3) is 0.625. The lowest BCUT2D eigenvalue weighted by molar-refractivity contribution is 0.167. The summed E-state index contributed by atoms with van der Waals surface area (Å²) < 4.78 is 0. The van der Waals surface area contributed by atoms with Gasteiger partial charge in [-0.1, -0.05) is 20.8 Å². The minimum absolute atomic E-state index is 0.445. The number of imidazole rings is 1. The van der Waals surface area contributed by atoms with Crippen molar-refractivity contribution in [3.8, 4) is 0 Å². The van der Waals surface area contributed by atoms with E-state index in [0.717, 1.165) is 22.9 Å². The Kier molecular flexibility index (Phi) is 3.08. The summed E-state index contributed by atoms with van der Waals surface area (Å²) in [7, 11) is 0. The zero-order valence-corrected chi connectivity index (χ0v) is 12.1. The van der Waals surface area contributed by atoms with Gasteiger partial charge in [0, 0.05) is 12.1 Å². The van der Waals surface area contributed by atoms with E-state index in [1.165, 1.54) is 25.7 Å². The molecule has 1 fully saturated rings. The number of hydrogen-bond donors (Lipinski definition) is 1. The Bertz CT molecular complexity index is 524. The molecule has 3 rings (SSSR count). The molecule has 0 aliphatic heterocycles. The Morgan fingerprint density at radius 2 is 1.89 bits per heavy atom. The van der Waals surface area contributed by atoms with E-state index in [-0.39, 0.29) is 0 Å². The van der Waals surface area contributed by atoms with E-state index in [2.05, 4.69) is 41.8 Å². The molecule has 2 aromatic heterocycles. The maximum absolute atomic E-state index is 4.66. The Labute approximate surface area is 114 Å². The molecule has 1 aliphatic carbocycles. The Morgan fingerprint density at radius 1 is 1.16 bits per heavy atom. The normalized spacial score (nSPS) is 24.8. The van der Waals surface area contributed by atoms with Crippen molar-refractivity contribution in [1.82, 2.24) is 15.0 Å². The first-order valence-corrected chi connectivity index (χ1v) is 7.34. The molecule has 0 radical (unpaired) electrons. The molecule has 0 saturated heterocycles. The Morgan fingerprint density at radius 3 is 2.53 bits per heavy atom. The summed E-state index contributed by atoms with van der Waals surface area (Å²) in [5.74, 6) is 2.58. The molecule has 1 saturated carbocycles. The number of hydrogen-bond acceptors (Lipinski definition) is 2. The van der Waals surface area contributed by atoms with E-state index in [1.807, 2.05) is 12.3 Å². The van der Waals surface area contributed by atoms with Crippen LogP contribution >= 0.6 is 0 Å². The SMILES string of the molecule is CC(C)(C)C1CCC(c2nc3ncccc3[nH]2)CC1. The van der Waals surface area contributed by atoms with Gasteiger partial charge in [0.1, 0.15) is 5.82 Å². The summed E-state index contributed by atoms with van der Waals surface area (Å²) in [6.45, 7) is 7.09. The Balaban J connectivity index is 1.74. The van der Waals surface area contributed by atoms with E-state index >= 15 is 0 Å². The molecule has 1 N–H and O–H groups in total. The van der Waals surface area contributed by atoms with Gasteiger partial charge in [-0.05, 0) is 49.1 Å². The van der Waals surface area contributed by atoms with Gasteiger partial charge < -0.3 is 4.98 Å². The predicted molar refractivity (Wildman–Crippen MR) is 78.0 cm³/mol. The summed E-state index contributed by atoms with van der Waals surface area (Å²) in [6, 6.07) is 4.01. The molecule has 102 valence electrons. The second kappa shape index (κ2) is 4.62. The van der Waals surface area contributed by atoms with Crippen molar-refractivity contribution in [2.45, 2.75) is 52.4 Å². The van der Waals surface area contributed by atoms with E-state index in [0.29, 0.717) is 11.3 Å². The third kappa shape index (κ3) is 2.51. The van der Waals surface area contributed by atoms with Crippen molar-refractivity contribution in [2.75, 3.05) is 0 Å². The number of aromatic amines is 1. The first-order valence-electron chi connectivity index (χ1n) is 7.34. The average Bonchev–Trinajstić information content (AvgIpc) is 2.81. The van der Waals surface area contributed by atoms with Gasteiger partial charge in [-0.2, -0.15) is 0 Å². The first kappa shape index (κ1) is 12.6. The number of aromatic nitrogens is 3. The number of nitrogens with one attached hydrogen (secondary N) is 1. The van der Waals surface area contributed by atoms with Crippen molar-refractivity contribution in [1.29, 1.82) is 0 Å². The lowest BCUT2D eigenvalue weighted by Gasteiger charge is -2.36. The van der Waals surface area contributed by atoms with E-state index in [4.69, 9.17) is 0 Å². The van der Waals surface area contributed by atoms with Gasteiger partial charge in [0.05, 0.1) is 5.52 Å². The highest BCUT2D eigenvalue weighted by atomic mass is 15.0.